The quantitative estimate of drug-likeness (QED) is 0.544. The van der Waals surface area contributed by atoms with Gasteiger partial charge in [0, 0.05) is 6.42 Å². The molecule has 1 rings (SSSR count). The standard InChI is InChI=1S/C10H16N2O3/c1-2-15-10(14)12-11-9(13)7-8-5-3-4-6-8/h3,5,8H,2,4,6-7H2,1H3,(H,11,13)(H,12,14)/t8-/m0/s1. The van der Waals surface area contributed by atoms with Crippen LogP contribution in [0.3, 0.4) is 0 Å². The molecule has 0 aromatic rings. The van der Waals surface area contributed by atoms with E-state index in [1.807, 2.05) is 6.08 Å². The van der Waals surface area contributed by atoms with Gasteiger partial charge < -0.3 is 4.74 Å². The fourth-order valence-electron chi connectivity index (χ4n) is 1.44. The highest BCUT2D eigenvalue weighted by molar-refractivity contribution is 5.79. The van der Waals surface area contributed by atoms with Crippen molar-refractivity contribution in [1.82, 2.24) is 10.9 Å². The summed E-state index contributed by atoms with van der Waals surface area (Å²) in [5, 5.41) is 0. The first kappa shape index (κ1) is 11.6. The van der Waals surface area contributed by atoms with Gasteiger partial charge >= 0.3 is 6.09 Å². The molecule has 5 heteroatoms. The van der Waals surface area contributed by atoms with E-state index in [9.17, 15) is 9.59 Å². The van der Waals surface area contributed by atoms with Crippen molar-refractivity contribution in [3.63, 3.8) is 0 Å². The SMILES string of the molecule is CCOC(=O)NNC(=O)C[C@H]1C=CCC1. The molecule has 0 saturated heterocycles. The smallest absolute Gasteiger partial charge is 0.426 e. The summed E-state index contributed by atoms with van der Waals surface area (Å²) in [5.74, 6) is 0.105. The Morgan fingerprint density at radius 2 is 2.27 bits per heavy atom. The van der Waals surface area contributed by atoms with E-state index in [0.29, 0.717) is 12.3 Å². The van der Waals surface area contributed by atoms with Crippen LogP contribution in [0.15, 0.2) is 12.2 Å². The number of amides is 2. The van der Waals surface area contributed by atoms with Crippen molar-refractivity contribution in [3.8, 4) is 0 Å². The maximum absolute atomic E-state index is 11.3. The number of hydrogen-bond donors (Lipinski definition) is 2. The molecule has 0 spiro atoms. The Balaban J connectivity index is 2.13. The molecule has 0 aliphatic heterocycles. The molecular weight excluding hydrogens is 196 g/mol. The topological polar surface area (TPSA) is 67.4 Å². The molecular formula is C10H16N2O3. The summed E-state index contributed by atoms with van der Waals surface area (Å²) in [4.78, 5) is 22.1. The average molecular weight is 212 g/mol. The zero-order valence-electron chi connectivity index (χ0n) is 8.79. The molecule has 15 heavy (non-hydrogen) atoms. The summed E-state index contributed by atoms with van der Waals surface area (Å²) in [5.41, 5.74) is 4.47. The fraction of sp³-hybridized carbons (Fsp3) is 0.600. The third-order valence-corrected chi connectivity index (χ3v) is 2.14. The Hall–Kier alpha value is -1.52. The highest BCUT2D eigenvalue weighted by Crippen LogP contribution is 2.19. The number of allylic oxidation sites excluding steroid dienone is 2. The molecule has 0 aromatic heterocycles. The molecule has 0 radical (unpaired) electrons. The minimum atomic E-state index is -0.632. The number of rotatable bonds is 3. The van der Waals surface area contributed by atoms with E-state index >= 15 is 0 Å². The van der Waals surface area contributed by atoms with Crippen molar-refractivity contribution in [3.05, 3.63) is 12.2 Å². The molecule has 0 fully saturated rings. The molecule has 0 saturated carbocycles. The van der Waals surface area contributed by atoms with E-state index in [1.54, 1.807) is 6.92 Å². The molecule has 2 N–H and O–H groups in total. The zero-order valence-corrected chi connectivity index (χ0v) is 8.79. The van der Waals surface area contributed by atoms with Crippen molar-refractivity contribution >= 4 is 12.0 Å². The lowest BCUT2D eigenvalue weighted by molar-refractivity contribution is -0.122. The predicted molar refractivity (Wildman–Crippen MR) is 54.8 cm³/mol. The van der Waals surface area contributed by atoms with Gasteiger partial charge in [0.25, 0.3) is 0 Å². The van der Waals surface area contributed by atoms with Gasteiger partial charge in [-0.3, -0.25) is 10.2 Å². The molecule has 0 bridgehead atoms. The number of carbonyl (C=O) groups is 2. The summed E-state index contributed by atoms with van der Waals surface area (Å²) in [7, 11) is 0. The van der Waals surface area contributed by atoms with Gasteiger partial charge in [0.15, 0.2) is 0 Å². The van der Waals surface area contributed by atoms with Gasteiger partial charge in [-0.1, -0.05) is 12.2 Å². The number of hydrazine groups is 1. The van der Waals surface area contributed by atoms with Crippen LogP contribution >= 0.6 is 0 Å². The highest BCUT2D eigenvalue weighted by Gasteiger charge is 2.14. The van der Waals surface area contributed by atoms with E-state index in [-0.39, 0.29) is 12.5 Å². The maximum Gasteiger partial charge on any atom is 0.426 e. The first-order valence-corrected chi connectivity index (χ1v) is 5.10. The van der Waals surface area contributed by atoms with Gasteiger partial charge in [-0.15, -0.1) is 0 Å². The van der Waals surface area contributed by atoms with E-state index < -0.39 is 6.09 Å². The van der Waals surface area contributed by atoms with Crippen molar-refractivity contribution in [2.24, 2.45) is 5.92 Å². The molecule has 2 amide bonds. The minimum Gasteiger partial charge on any atom is -0.449 e. The monoisotopic (exact) mass is 212 g/mol. The normalized spacial score (nSPS) is 18.6. The van der Waals surface area contributed by atoms with Crippen molar-refractivity contribution in [2.75, 3.05) is 6.61 Å². The maximum atomic E-state index is 11.3. The molecule has 0 unspecified atom stereocenters. The van der Waals surface area contributed by atoms with E-state index in [4.69, 9.17) is 0 Å². The molecule has 1 aliphatic rings. The summed E-state index contributed by atoms with van der Waals surface area (Å²) in [6, 6.07) is 0. The van der Waals surface area contributed by atoms with Crippen LogP contribution in [-0.2, 0) is 9.53 Å². The second-order valence-corrected chi connectivity index (χ2v) is 3.36. The molecule has 1 atom stereocenters. The number of ether oxygens (including phenoxy) is 1. The summed E-state index contributed by atoms with van der Waals surface area (Å²) in [6.07, 6.45) is 5.91. The summed E-state index contributed by atoms with van der Waals surface area (Å²) < 4.78 is 4.58. The fourth-order valence-corrected chi connectivity index (χ4v) is 1.44. The lowest BCUT2D eigenvalue weighted by atomic mass is 10.1. The van der Waals surface area contributed by atoms with Crippen LogP contribution in [0.1, 0.15) is 26.2 Å². The number of hydrogen-bond acceptors (Lipinski definition) is 3. The van der Waals surface area contributed by atoms with E-state index in [1.165, 1.54) is 0 Å². The van der Waals surface area contributed by atoms with Crippen LogP contribution in [0.4, 0.5) is 4.79 Å². The molecule has 1 aliphatic carbocycles. The molecule has 0 heterocycles. The van der Waals surface area contributed by atoms with E-state index in [0.717, 1.165) is 12.8 Å². The summed E-state index contributed by atoms with van der Waals surface area (Å²) in [6.45, 7) is 1.98. The molecule has 5 nitrogen and oxygen atoms in total. The third-order valence-electron chi connectivity index (χ3n) is 2.14. The van der Waals surface area contributed by atoms with Crippen LogP contribution in [0.5, 0.6) is 0 Å². The average Bonchev–Trinajstić information content (AvgIpc) is 2.68. The number of carbonyl (C=O) groups excluding carboxylic acids is 2. The minimum absolute atomic E-state index is 0.195. The Kier molecular flexibility index (Phi) is 4.66. The zero-order chi connectivity index (χ0) is 11.1. The van der Waals surface area contributed by atoms with Crippen LogP contribution < -0.4 is 10.9 Å². The van der Waals surface area contributed by atoms with Crippen molar-refractivity contribution in [2.45, 2.75) is 26.2 Å². The predicted octanol–water partition coefficient (Wildman–Crippen LogP) is 1.12. The lowest BCUT2D eigenvalue weighted by Crippen LogP contribution is -2.42. The van der Waals surface area contributed by atoms with Crippen LogP contribution in [0.25, 0.3) is 0 Å². The van der Waals surface area contributed by atoms with Gasteiger partial charge in [0.1, 0.15) is 0 Å². The Labute approximate surface area is 88.8 Å². The highest BCUT2D eigenvalue weighted by atomic mass is 16.5. The van der Waals surface area contributed by atoms with Crippen molar-refractivity contribution in [1.29, 1.82) is 0 Å². The van der Waals surface area contributed by atoms with Crippen LogP contribution in [-0.4, -0.2) is 18.6 Å². The molecule has 0 aromatic carbocycles. The molecule has 84 valence electrons. The van der Waals surface area contributed by atoms with E-state index in [2.05, 4.69) is 21.7 Å². The third kappa shape index (κ3) is 4.49. The van der Waals surface area contributed by atoms with Crippen LogP contribution in [0, 0.1) is 5.92 Å². The van der Waals surface area contributed by atoms with Crippen molar-refractivity contribution < 1.29 is 14.3 Å². The van der Waals surface area contributed by atoms with Gasteiger partial charge in [0.2, 0.25) is 5.91 Å². The van der Waals surface area contributed by atoms with Gasteiger partial charge in [0.05, 0.1) is 6.61 Å². The van der Waals surface area contributed by atoms with Gasteiger partial charge in [-0.25, -0.2) is 10.2 Å². The Morgan fingerprint density at radius 1 is 1.47 bits per heavy atom. The Morgan fingerprint density at radius 3 is 2.87 bits per heavy atom. The first-order valence-electron chi connectivity index (χ1n) is 5.10. The van der Waals surface area contributed by atoms with Gasteiger partial charge in [-0.05, 0) is 25.7 Å². The Bertz CT molecular complexity index is 263. The lowest BCUT2D eigenvalue weighted by Gasteiger charge is -2.09. The summed E-state index contributed by atoms with van der Waals surface area (Å²) >= 11 is 0. The number of nitrogens with one attached hydrogen (secondary N) is 2. The largest absolute Gasteiger partial charge is 0.449 e. The second-order valence-electron chi connectivity index (χ2n) is 3.36. The second kappa shape index (κ2) is 6.06. The van der Waals surface area contributed by atoms with Crippen LogP contribution in [0.2, 0.25) is 0 Å². The van der Waals surface area contributed by atoms with Gasteiger partial charge in [-0.2, -0.15) is 0 Å². The first-order chi connectivity index (χ1) is 7.22.